The van der Waals surface area contributed by atoms with E-state index in [0.29, 0.717) is 0 Å². The Morgan fingerprint density at radius 2 is 1.88 bits per heavy atom. The van der Waals surface area contributed by atoms with Crippen molar-refractivity contribution in [3.05, 3.63) is 22.5 Å². The van der Waals surface area contributed by atoms with Crippen LogP contribution in [0.3, 0.4) is 0 Å². The minimum absolute atomic E-state index is 0.0365. The average Bonchev–Trinajstić information content (AvgIpc) is 2.42. The highest BCUT2D eigenvalue weighted by Gasteiger charge is 2.44. The van der Waals surface area contributed by atoms with E-state index in [0.717, 1.165) is 0 Å². The van der Waals surface area contributed by atoms with Gasteiger partial charge in [0.1, 0.15) is 35.2 Å². The van der Waals surface area contributed by atoms with Gasteiger partial charge < -0.3 is 15.7 Å². The van der Waals surface area contributed by atoms with Gasteiger partial charge in [-0.1, -0.05) is 0 Å². The summed E-state index contributed by atoms with van der Waals surface area (Å²) in [6.45, 7) is 1.37. The van der Waals surface area contributed by atoms with Crippen molar-refractivity contribution < 1.29 is 5.11 Å². The van der Waals surface area contributed by atoms with Gasteiger partial charge in [-0.3, -0.25) is 0 Å². The first-order chi connectivity index (χ1) is 7.41. The third kappa shape index (κ3) is 1.28. The molecule has 0 amide bonds. The molecule has 6 heteroatoms. The van der Waals surface area contributed by atoms with E-state index in [2.05, 4.69) is 0 Å². The molecule has 0 aromatic carbocycles. The highest BCUT2D eigenvalue weighted by atomic mass is 16.3. The van der Waals surface area contributed by atoms with Crippen LogP contribution < -0.4 is 5.73 Å². The number of allylic oxidation sites excluding steroid dienone is 1. The van der Waals surface area contributed by atoms with Crippen LogP contribution in [0, 0.1) is 34.0 Å². The molecule has 1 aliphatic rings. The van der Waals surface area contributed by atoms with Crippen molar-refractivity contribution in [1.82, 2.24) is 4.90 Å². The highest BCUT2D eigenvalue weighted by molar-refractivity contribution is 5.61. The Kier molecular flexibility index (Phi) is 2.59. The molecule has 0 aromatic rings. The van der Waals surface area contributed by atoms with Crippen LogP contribution in [0.5, 0.6) is 0 Å². The lowest BCUT2D eigenvalue weighted by Gasteiger charge is -2.29. The maximum Gasteiger partial charge on any atom is 0.165 e. The molecule has 16 heavy (non-hydrogen) atoms. The van der Waals surface area contributed by atoms with E-state index < -0.39 is 5.72 Å². The van der Waals surface area contributed by atoms with E-state index in [1.165, 1.54) is 18.9 Å². The van der Waals surface area contributed by atoms with Crippen LogP contribution in [0.4, 0.5) is 0 Å². The van der Waals surface area contributed by atoms with Crippen molar-refractivity contribution in [1.29, 1.82) is 15.8 Å². The minimum atomic E-state index is -1.62. The number of nitriles is 3. The Labute approximate surface area is 92.7 Å². The second kappa shape index (κ2) is 3.58. The predicted molar refractivity (Wildman–Crippen MR) is 53.5 cm³/mol. The summed E-state index contributed by atoms with van der Waals surface area (Å²) in [5.41, 5.74) is 3.61. The van der Waals surface area contributed by atoms with Gasteiger partial charge in [-0.25, -0.2) is 0 Å². The van der Waals surface area contributed by atoms with Gasteiger partial charge in [0.25, 0.3) is 0 Å². The second-order valence-corrected chi connectivity index (χ2v) is 3.43. The van der Waals surface area contributed by atoms with Crippen molar-refractivity contribution >= 4 is 0 Å². The monoisotopic (exact) mass is 215 g/mol. The molecule has 6 nitrogen and oxygen atoms in total. The van der Waals surface area contributed by atoms with Crippen molar-refractivity contribution in [2.45, 2.75) is 12.6 Å². The Balaban J connectivity index is 3.65. The maximum atomic E-state index is 10.1. The first-order valence-electron chi connectivity index (χ1n) is 4.33. The summed E-state index contributed by atoms with van der Waals surface area (Å²) in [5.74, 6) is 0.0468. The standard InChI is InChI=1S/C10H9N5O/c1-10(16)8(6(3-11)4-12)7(5-13)9(14)15(10)2/h16H,14H2,1-2H3/t10-/m1/s1. The topological polar surface area (TPSA) is 121 Å². The van der Waals surface area contributed by atoms with Crippen molar-refractivity contribution in [2.75, 3.05) is 7.05 Å². The molecule has 0 unspecified atom stereocenters. The number of likely N-dealkylation sites (N-methyl/N-ethyl adjacent to an activating group) is 1. The second-order valence-electron chi connectivity index (χ2n) is 3.43. The lowest BCUT2D eigenvalue weighted by Crippen LogP contribution is -2.41. The third-order valence-electron chi connectivity index (χ3n) is 2.58. The van der Waals surface area contributed by atoms with Gasteiger partial charge in [-0.05, 0) is 6.92 Å². The zero-order valence-corrected chi connectivity index (χ0v) is 8.81. The molecule has 80 valence electrons. The number of hydrogen-bond acceptors (Lipinski definition) is 6. The zero-order valence-electron chi connectivity index (χ0n) is 8.81. The summed E-state index contributed by atoms with van der Waals surface area (Å²) in [6, 6.07) is 5.08. The average molecular weight is 215 g/mol. The Bertz CT molecular complexity index is 505. The molecule has 0 bridgehead atoms. The van der Waals surface area contributed by atoms with Crippen LogP contribution in [0.1, 0.15) is 6.92 Å². The molecule has 0 saturated carbocycles. The van der Waals surface area contributed by atoms with Crippen LogP contribution in [0.15, 0.2) is 22.5 Å². The molecule has 0 spiro atoms. The summed E-state index contributed by atoms with van der Waals surface area (Å²) in [5, 5.41) is 36.6. The molecule has 0 fully saturated rings. The Morgan fingerprint density at radius 3 is 2.25 bits per heavy atom. The van der Waals surface area contributed by atoms with E-state index in [9.17, 15) is 5.11 Å². The van der Waals surface area contributed by atoms with Gasteiger partial charge >= 0.3 is 0 Å². The van der Waals surface area contributed by atoms with Crippen LogP contribution in [-0.4, -0.2) is 22.8 Å². The summed E-state index contributed by atoms with van der Waals surface area (Å²) < 4.78 is 0. The molecule has 1 aliphatic heterocycles. The molecule has 1 rings (SSSR count). The van der Waals surface area contributed by atoms with Gasteiger partial charge in [0, 0.05) is 7.05 Å². The Hall–Kier alpha value is -2.49. The number of nitrogens with two attached hydrogens (primary N) is 1. The van der Waals surface area contributed by atoms with E-state index >= 15 is 0 Å². The fourth-order valence-corrected chi connectivity index (χ4v) is 1.55. The molecular formula is C10H9N5O. The molecular weight excluding hydrogens is 206 g/mol. The molecule has 0 saturated heterocycles. The lowest BCUT2D eigenvalue weighted by molar-refractivity contribution is -0.0138. The maximum absolute atomic E-state index is 10.1. The first-order valence-corrected chi connectivity index (χ1v) is 4.33. The molecule has 0 radical (unpaired) electrons. The minimum Gasteiger partial charge on any atom is -0.384 e. The summed E-state index contributed by atoms with van der Waals surface area (Å²) in [4.78, 5) is 1.25. The first kappa shape index (κ1) is 11.6. The highest BCUT2D eigenvalue weighted by Crippen LogP contribution is 2.38. The largest absolute Gasteiger partial charge is 0.384 e. The van der Waals surface area contributed by atoms with Gasteiger partial charge in [0.05, 0.1) is 5.57 Å². The number of rotatable bonds is 0. The Morgan fingerprint density at radius 1 is 1.38 bits per heavy atom. The van der Waals surface area contributed by atoms with Crippen LogP contribution in [0.25, 0.3) is 0 Å². The quantitative estimate of drug-likeness (QED) is 0.534. The summed E-state index contributed by atoms with van der Waals surface area (Å²) in [7, 11) is 1.48. The number of hydrogen-bond donors (Lipinski definition) is 2. The van der Waals surface area contributed by atoms with E-state index in [4.69, 9.17) is 21.5 Å². The summed E-state index contributed by atoms with van der Waals surface area (Å²) in [6.07, 6.45) is 0. The fourth-order valence-electron chi connectivity index (χ4n) is 1.55. The van der Waals surface area contributed by atoms with E-state index in [1.807, 2.05) is 0 Å². The van der Waals surface area contributed by atoms with Crippen LogP contribution >= 0.6 is 0 Å². The normalized spacial score (nSPS) is 23.8. The van der Waals surface area contributed by atoms with Gasteiger partial charge in [0.2, 0.25) is 0 Å². The third-order valence-corrected chi connectivity index (χ3v) is 2.58. The number of aliphatic hydroxyl groups is 1. The number of nitrogens with zero attached hydrogens (tertiary/aromatic N) is 4. The molecule has 1 heterocycles. The molecule has 1 atom stereocenters. The lowest BCUT2D eigenvalue weighted by atomic mass is 9.96. The molecule has 3 N–H and O–H groups in total. The van der Waals surface area contributed by atoms with Gasteiger partial charge in [-0.15, -0.1) is 0 Å². The van der Waals surface area contributed by atoms with E-state index in [-0.39, 0.29) is 22.5 Å². The molecule has 0 aliphatic carbocycles. The molecule has 0 aromatic heterocycles. The van der Waals surface area contributed by atoms with Crippen LogP contribution in [-0.2, 0) is 0 Å². The summed E-state index contributed by atoms with van der Waals surface area (Å²) >= 11 is 0. The van der Waals surface area contributed by atoms with Crippen molar-refractivity contribution in [3.8, 4) is 18.2 Å². The SMILES string of the molecule is CN1C(N)=C(C#N)C(=C(C#N)C#N)[C@@]1(C)O. The van der Waals surface area contributed by atoms with Gasteiger partial charge in [0.15, 0.2) is 5.72 Å². The fraction of sp³-hybridized carbons (Fsp3) is 0.300. The smallest absolute Gasteiger partial charge is 0.165 e. The zero-order chi connectivity index (χ0) is 12.5. The van der Waals surface area contributed by atoms with Crippen molar-refractivity contribution in [3.63, 3.8) is 0 Å². The predicted octanol–water partition coefficient (Wildman–Crippen LogP) is -0.322. The van der Waals surface area contributed by atoms with Crippen molar-refractivity contribution in [2.24, 2.45) is 5.73 Å². The van der Waals surface area contributed by atoms with Gasteiger partial charge in [-0.2, -0.15) is 15.8 Å². The van der Waals surface area contributed by atoms with E-state index in [1.54, 1.807) is 18.2 Å². The van der Waals surface area contributed by atoms with Crippen LogP contribution in [0.2, 0.25) is 0 Å².